The van der Waals surface area contributed by atoms with Crippen molar-refractivity contribution in [1.82, 2.24) is 5.32 Å². The number of esters is 1. The van der Waals surface area contributed by atoms with Gasteiger partial charge in [-0.25, -0.2) is 0 Å². The van der Waals surface area contributed by atoms with E-state index < -0.39 is 12.1 Å². The Labute approximate surface area is 443 Å². The molecule has 1 amide bonds. The van der Waals surface area contributed by atoms with Crippen molar-refractivity contribution in [1.29, 1.82) is 0 Å². The molecule has 6 heteroatoms. The Morgan fingerprint density at radius 3 is 1.00 bits per heavy atom. The maximum absolute atomic E-state index is 12.5. The molecule has 2 unspecified atom stereocenters. The predicted molar refractivity (Wildman–Crippen MR) is 310 cm³/mol. The van der Waals surface area contributed by atoms with E-state index in [1.54, 1.807) is 6.08 Å². The normalized spacial score (nSPS) is 12.7. The van der Waals surface area contributed by atoms with E-state index in [4.69, 9.17) is 4.74 Å². The molecule has 0 rings (SSSR count). The Hall–Kier alpha value is -1.66. The average molecular weight is 1000 g/mol. The van der Waals surface area contributed by atoms with Crippen LogP contribution in [0.2, 0.25) is 0 Å². The number of hydrogen-bond acceptors (Lipinski definition) is 5. The van der Waals surface area contributed by atoms with Gasteiger partial charge in [0.05, 0.1) is 25.4 Å². The van der Waals surface area contributed by atoms with E-state index in [2.05, 4.69) is 31.3 Å². The molecule has 0 heterocycles. The summed E-state index contributed by atoms with van der Waals surface area (Å²) in [5.41, 5.74) is 0. The van der Waals surface area contributed by atoms with Crippen molar-refractivity contribution in [3.63, 3.8) is 0 Å². The van der Waals surface area contributed by atoms with Gasteiger partial charge in [-0.1, -0.05) is 308 Å². The highest BCUT2D eigenvalue weighted by Crippen LogP contribution is 2.18. The number of allylic oxidation sites excluding steroid dienone is 3. The van der Waals surface area contributed by atoms with Crippen LogP contribution in [-0.4, -0.2) is 47.4 Å². The molecule has 0 aromatic carbocycles. The number of nitrogens with one attached hydrogen (secondary N) is 1. The van der Waals surface area contributed by atoms with Gasteiger partial charge in [0, 0.05) is 12.8 Å². The largest absolute Gasteiger partial charge is 0.466 e. The molecule has 0 fully saturated rings. The third-order valence-corrected chi connectivity index (χ3v) is 15.0. The molecule has 0 spiro atoms. The number of hydrogen-bond donors (Lipinski definition) is 3. The molecule has 0 bridgehead atoms. The first-order valence-electron chi connectivity index (χ1n) is 32.1. The Bertz CT molecular complexity index is 1110. The standard InChI is InChI=1S/C65H125NO5/c1-3-5-7-9-11-13-15-17-35-39-43-47-51-55-59-65(70)71-60-56-52-48-44-40-36-32-30-28-26-24-22-20-18-19-21-23-25-27-29-31-34-38-42-46-50-54-58-64(69)66-62(61-67)63(68)57-53-49-45-41-37-33-16-14-12-10-8-6-4-2/h15,17,53,57,62-63,67-68H,3-14,16,18-52,54-56,58-61H2,1-2H3,(H,66,69)/b17-15-,57-53+. The fraction of sp³-hybridized carbons (Fsp3) is 0.908. The molecule has 0 saturated carbocycles. The highest BCUT2D eigenvalue weighted by Gasteiger charge is 2.18. The lowest BCUT2D eigenvalue weighted by molar-refractivity contribution is -0.143. The number of carbonyl (C=O) groups is 2. The summed E-state index contributed by atoms with van der Waals surface area (Å²) >= 11 is 0. The zero-order valence-corrected chi connectivity index (χ0v) is 48.0. The molecule has 420 valence electrons. The number of rotatable bonds is 60. The molecule has 0 aromatic rings. The fourth-order valence-corrected chi connectivity index (χ4v) is 10.0. The lowest BCUT2D eigenvalue weighted by Gasteiger charge is -2.20. The zero-order valence-electron chi connectivity index (χ0n) is 48.0. The second-order valence-corrected chi connectivity index (χ2v) is 22.1. The number of unbranched alkanes of at least 4 members (excludes halogenated alkanes) is 47. The molecule has 0 aliphatic heterocycles. The van der Waals surface area contributed by atoms with Gasteiger partial charge in [-0.15, -0.1) is 0 Å². The topological polar surface area (TPSA) is 95.9 Å². The number of amides is 1. The fourth-order valence-electron chi connectivity index (χ4n) is 10.0. The first kappa shape index (κ1) is 69.3. The van der Waals surface area contributed by atoms with E-state index >= 15 is 0 Å². The predicted octanol–water partition coefficient (Wildman–Crippen LogP) is 20.2. The zero-order chi connectivity index (χ0) is 51.4. The van der Waals surface area contributed by atoms with Crippen LogP contribution in [0.3, 0.4) is 0 Å². The summed E-state index contributed by atoms with van der Waals surface area (Å²) in [6, 6.07) is -0.624. The van der Waals surface area contributed by atoms with Crippen LogP contribution in [0.5, 0.6) is 0 Å². The van der Waals surface area contributed by atoms with Gasteiger partial charge in [0.2, 0.25) is 5.91 Å². The second-order valence-electron chi connectivity index (χ2n) is 22.1. The van der Waals surface area contributed by atoms with Crippen LogP contribution < -0.4 is 5.32 Å². The SMILES string of the molecule is CCCCCCC/C=C\CCCCCCCC(=O)OCCCCCCCCCCCCCCCCCCCCCCCCCCCCCC(=O)NC(CO)C(O)/C=C/CCCCCCCCCCCCC. The summed E-state index contributed by atoms with van der Waals surface area (Å²) in [7, 11) is 0. The molecular weight excluding hydrogens is 875 g/mol. The van der Waals surface area contributed by atoms with Crippen LogP contribution in [0, 0.1) is 0 Å². The monoisotopic (exact) mass is 1000 g/mol. The van der Waals surface area contributed by atoms with E-state index in [-0.39, 0.29) is 18.5 Å². The Morgan fingerprint density at radius 1 is 0.380 bits per heavy atom. The van der Waals surface area contributed by atoms with Gasteiger partial charge < -0.3 is 20.3 Å². The van der Waals surface area contributed by atoms with Gasteiger partial charge in [0.1, 0.15) is 0 Å². The maximum atomic E-state index is 12.5. The minimum atomic E-state index is -0.841. The van der Waals surface area contributed by atoms with E-state index in [0.717, 1.165) is 44.9 Å². The molecule has 0 radical (unpaired) electrons. The van der Waals surface area contributed by atoms with Crippen LogP contribution in [0.1, 0.15) is 354 Å². The lowest BCUT2D eigenvalue weighted by atomic mass is 10.0. The Morgan fingerprint density at radius 2 is 0.662 bits per heavy atom. The molecule has 0 saturated heterocycles. The molecule has 3 N–H and O–H groups in total. The van der Waals surface area contributed by atoms with Crippen molar-refractivity contribution in [2.75, 3.05) is 13.2 Å². The lowest BCUT2D eigenvalue weighted by Crippen LogP contribution is -2.45. The van der Waals surface area contributed by atoms with Gasteiger partial charge in [0.25, 0.3) is 0 Å². The van der Waals surface area contributed by atoms with Crippen LogP contribution in [0.15, 0.2) is 24.3 Å². The minimum absolute atomic E-state index is 0.00939. The highest BCUT2D eigenvalue weighted by molar-refractivity contribution is 5.76. The second kappa shape index (κ2) is 60.9. The molecule has 2 atom stereocenters. The van der Waals surface area contributed by atoms with E-state index in [1.165, 1.54) is 283 Å². The van der Waals surface area contributed by atoms with Gasteiger partial charge in [0.15, 0.2) is 0 Å². The summed E-state index contributed by atoms with van der Waals surface area (Å²) in [6.45, 7) is 4.91. The smallest absolute Gasteiger partial charge is 0.305 e. The summed E-state index contributed by atoms with van der Waals surface area (Å²) in [5, 5.41) is 23.1. The van der Waals surface area contributed by atoms with Crippen LogP contribution in [-0.2, 0) is 14.3 Å². The van der Waals surface area contributed by atoms with Crippen molar-refractivity contribution in [3.05, 3.63) is 24.3 Å². The molecule has 0 aliphatic rings. The van der Waals surface area contributed by atoms with Crippen molar-refractivity contribution in [3.8, 4) is 0 Å². The molecule has 0 aromatic heterocycles. The van der Waals surface area contributed by atoms with Crippen molar-refractivity contribution in [2.24, 2.45) is 0 Å². The summed E-state index contributed by atoms with van der Waals surface area (Å²) < 4.78 is 5.48. The highest BCUT2D eigenvalue weighted by atomic mass is 16.5. The van der Waals surface area contributed by atoms with E-state index in [0.29, 0.717) is 19.4 Å². The van der Waals surface area contributed by atoms with Crippen LogP contribution in [0.4, 0.5) is 0 Å². The Balaban J connectivity index is 3.35. The molecular formula is C65H125NO5. The van der Waals surface area contributed by atoms with Gasteiger partial charge in [-0.3, -0.25) is 9.59 Å². The molecule has 71 heavy (non-hydrogen) atoms. The van der Waals surface area contributed by atoms with Gasteiger partial charge >= 0.3 is 5.97 Å². The summed E-state index contributed by atoms with van der Waals surface area (Å²) in [6.07, 6.45) is 75.2. The van der Waals surface area contributed by atoms with Gasteiger partial charge in [-0.05, 0) is 57.8 Å². The number of carbonyl (C=O) groups excluding carboxylic acids is 2. The van der Waals surface area contributed by atoms with Gasteiger partial charge in [-0.2, -0.15) is 0 Å². The number of aliphatic hydroxyl groups excluding tert-OH is 2. The number of ether oxygens (including phenoxy) is 1. The van der Waals surface area contributed by atoms with Crippen molar-refractivity contribution in [2.45, 2.75) is 366 Å². The number of aliphatic hydroxyl groups is 2. The third-order valence-electron chi connectivity index (χ3n) is 15.0. The molecule has 6 nitrogen and oxygen atoms in total. The van der Waals surface area contributed by atoms with Crippen LogP contribution >= 0.6 is 0 Å². The van der Waals surface area contributed by atoms with Crippen LogP contribution in [0.25, 0.3) is 0 Å². The summed E-state index contributed by atoms with van der Waals surface area (Å²) in [4.78, 5) is 24.5. The first-order chi connectivity index (χ1) is 35.0. The summed E-state index contributed by atoms with van der Waals surface area (Å²) in [5.74, 6) is -0.0548. The minimum Gasteiger partial charge on any atom is -0.466 e. The van der Waals surface area contributed by atoms with E-state index in [1.807, 2.05) is 6.08 Å². The first-order valence-corrected chi connectivity index (χ1v) is 32.1. The Kier molecular flexibility index (Phi) is 59.5. The third kappa shape index (κ3) is 57.5. The quantitative estimate of drug-likeness (QED) is 0.0320. The van der Waals surface area contributed by atoms with Crippen molar-refractivity contribution >= 4 is 11.9 Å². The average Bonchev–Trinajstić information content (AvgIpc) is 3.37. The maximum Gasteiger partial charge on any atom is 0.305 e. The molecule has 0 aliphatic carbocycles. The van der Waals surface area contributed by atoms with Crippen molar-refractivity contribution < 1.29 is 24.5 Å². The van der Waals surface area contributed by atoms with E-state index in [9.17, 15) is 19.8 Å².